The molecule has 2 rings (SSSR count). The van der Waals surface area contributed by atoms with E-state index in [9.17, 15) is 9.18 Å². The van der Waals surface area contributed by atoms with Crippen LogP contribution in [-0.4, -0.2) is 34.6 Å². The van der Waals surface area contributed by atoms with E-state index in [0.717, 1.165) is 5.56 Å². The maximum absolute atomic E-state index is 13.0. The lowest BCUT2D eigenvalue weighted by atomic mass is 10.1. The lowest BCUT2D eigenvalue weighted by molar-refractivity contribution is -0.142. The molecular weight excluding hydrogens is 223 g/mol. The maximum Gasteiger partial charge on any atom is 0.320 e. The molecule has 4 nitrogen and oxygen atoms in total. The third-order valence-electron chi connectivity index (χ3n) is 3.00. The van der Waals surface area contributed by atoms with Gasteiger partial charge in [-0.05, 0) is 24.1 Å². The highest BCUT2D eigenvalue weighted by Gasteiger charge is 2.34. The third kappa shape index (κ3) is 2.81. The summed E-state index contributed by atoms with van der Waals surface area (Å²) in [5.74, 6) is -1.17. The molecule has 1 saturated heterocycles. The zero-order chi connectivity index (χ0) is 12.4. The normalized spacial score (nSPS) is 25.1. The third-order valence-corrected chi connectivity index (χ3v) is 3.00. The summed E-state index contributed by atoms with van der Waals surface area (Å²) in [6.45, 7) is 0.954. The monoisotopic (exact) mass is 238 g/mol. The van der Waals surface area contributed by atoms with Gasteiger partial charge in [0.2, 0.25) is 0 Å². The average molecular weight is 238 g/mol. The summed E-state index contributed by atoms with van der Waals surface area (Å²) in [5.41, 5.74) is 6.53. The van der Waals surface area contributed by atoms with Gasteiger partial charge in [0.1, 0.15) is 11.9 Å². The Balaban J connectivity index is 2.09. The Kier molecular flexibility index (Phi) is 3.40. The van der Waals surface area contributed by atoms with Crippen LogP contribution >= 0.6 is 0 Å². The zero-order valence-electron chi connectivity index (χ0n) is 9.34. The highest BCUT2D eigenvalue weighted by molar-refractivity contribution is 5.74. The van der Waals surface area contributed by atoms with Gasteiger partial charge in [-0.2, -0.15) is 0 Å². The van der Waals surface area contributed by atoms with Crippen molar-refractivity contribution < 1.29 is 14.3 Å². The largest absolute Gasteiger partial charge is 0.480 e. The van der Waals surface area contributed by atoms with Crippen molar-refractivity contribution >= 4 is 5.97 Å². The molecule has 0 aromatic heterocycles. The zero-order valence-corrected chi connectivity index (χ0v) is 9.34. The molecule has 5 heteroatoms. The summed E-state index contributed by atoms with van der Waals surface area (Å²) in [6.07, 6.45) is 0.449. The second kappa shape index (κ2) is 4.81. The number of nitrogens with two attached hydrogens (primary N) is 1. The van der Waals surface area contributed by atoms with Gasteiger partial charge >= 0.3 is 5.97 Å². The van der Waals surface area contributed by atoms with Crippen LogP contribution in [0.1, 0.15) is 12.0 Å². The van der Waals surface area contributed by atoms with Crippen LogP contribution in [-0.2, 0) is 11.3 Å². The number of carbonyl (C=O) groups is 1. The van der Waals surface area contributed by atoms with Gasteiger partial charge in [-0.15, -0.1) is 0 Å². The Hall–Kier alpha value is -1.46. The van der Waals surface area contributed by atoms with Gasteiger partial charge in [0.25, 0.3) is 0 Å². The first-order valence-corrected chi connectivity index (χ1v) is 5.53. The molecular formula is C12H15FN2O2. The van der Waals surface area contributed by atoms with Crippen molar-refractivity contribution in [2.24, 2.45) is 5.73 Å². The van der Waals surface area contributed by atoms with Gasteiger partial charge in [0, 0.05) is 19.1 Å². The van der Waals surface area contributed by atoms with Gasteiger partial charge in [-0.25, -0.2) is 4.39 Å². The Bertz CT molecular complexity index is 425. The molecule has 0 bridgehead atoms. The number of nitrogens with zero attached hydrogens (tertiary/aromatic N) is 1. The fourth-order valence-corrected chi connectivity index (χ4v) is 2.24. The molecule has 1 fully saturated rings. The molecule has 0 saturated carbocycles. The van der Waals surface area contributed by atoms with Crippen molar-refractivity contribution in [3.05, 3.63) is 35.6 Å². The molecule has 1 aromatic rings. The minimum absolute atomic E-state index is 0.121. The molecule has 0 spiro atoms. The summed E-state index contributed by atoms with van der Waals surface area (Å²) < 4.78 is 13.0. The smallest absolute Gasteiger partial charge is 0.320 e. The summed E-state index contributed by atoms with van der Waals surface area (Å²) in [6, 6.07) is 5.51. The van der Waals surface area contributed by atoms with Gasteiger partial charge in [0.05, 0.1) is 0 Å². The molecule has 1 aliphatic heterocycles. The van der Waals surface area contributed by atoms with E-state index < -0.39 is 12.0 Å². The summed E-state index contributed by atoms with van der Waals surface area (Å²) in [7, 11) is 0. The molecule has 2 atom stereocenters. The molecule has 1 aromatic carbocycles. The fourth-order valence-electron chi connectivity index (χ4n) is 2.24. The van der Waals surface area contributed by atoms with E-state index in [1.807, 2.05) is 0 Å². The Morgan fingerprint density at radius 1 is 1.59 bits per heavy atom. The van der Waals surface area contributed by atoms with Crippen molar-refractivity contribution in [2.75, 3.05) is 6.54 Å². The molecule has 3 N–H and O–H groups in total. The number of carboxylic acids is 1. The average Bonchev–Trinajstić information content (AvgIpc) is 2.59. The van der Waals surface area contributed by atoms with Crippen LogP contribution in [0, 0.1) is 5.82 Å². The SMILES string of the molecule is NC1CC(C(=O)O)N(Cc2cccc(F)c2)C1. The van der Waals surface area contributed by atoms with Crippen molar-refractivity contribution in [2.45, 2.75) is 25.0 Å². The lowest BCUT2D eigenvalue weighted by Gasteiger charge is -2.20. The fraction of sp³-hybridized carbons (Fsp3) is 0.417. The second-order valence-electron chi connectivity index (χ2n) is 4.41. The van der Waals surface area contributed by atoms with Gasteiger partial charge in [-0.1, -0.05) is 12.1 Å². The summed E-state index contributed by atoms with van der Waals surface area (Å²) >= 11 is 0. The van der Waals surface area contributed by atoms with E-state index in [-0.39, 0.29) is 11.9 Å². The first-order valence-electron chi connectivity index (χ1n) is 5.53. The quantitative estimate of drug-likeness (QED) is 0.818. The predicted molar refractivity (Wildman–Crippen MR) is 60.8 cm³/mol. The number of hydrogen-bond donors (Lipinski definition) is 2. The Morgan fingerprint density at radius 3 is 3.00 bits per heavy atom. The van der Waals surface area contributed by atoms with Crippen molar-refractivity contribution in [3.63, 3.8) is 0 Å². The van der Waals surface area contributed by atoms with Crippen LogP contribution in [0.15, 0.2) is 24.3 Å². The minimum Gasteiger partial charge on any atom is -0.480 e. The van der Waals surface area contributed by atoms with Crippen LogP contribution in [0.3, 0.4) is 0 Å². The molecule has 92 valence electrons. The standard InChI is InChI=1S/C12H15FN2O2/c13-9-3-1-2-8(4-9)6-15-7-10(14)5-11(15)12(16)17/h1-4,10-11H,5-7,14H2,(H,16,17). The second-order valence-corrected chi connectivity index (χ2v) is 4.41. The van der Waals surface area contributed by atoms with Crippen LogP contribution < -0.4 is 5.73 Å². The van der Waals surface area contributed by atoms with E-state index in [2.05, 4.69) is 0 Å². The van der Waals surface area contributed by atoms with Crippen molar-refractivity contribution in [1.82, 2.24) is 4.90 Å². The highest BCUT2D eigenvalue weighted by Crippen LogP contribution is 2.20. The van der Waals surface area contributed by atoms with Crippen LogP contribution in [0.2, 0.25) is 0 Å². The maximum atomic E-state index is 13.0. The van der Waals surface area contributed by atoms with E-state index in [4.69, 9.17) is 10.8 Å². The van der Waals surface area contributed by atoms with Crippen LogP contribution in [0.25, 0.3) is 0 Å². The number of halogens is 1. The lowest BCUT2D eigenvalue weighted by Crippen LogP contribution is -2.35. The first-order chi connectivity index (χ1) is 8.06. The molecule has 0 aliphatic carbocycles. The van der Waals surface area contributed by atoms with E-state index in [0.29, 0.717) is 19.5 Å². The molecule has 1 aliphatic rings. The summed E-state index contributed by atoms with van der Waals surface area (Å²) in [5, 5.41) is 9.06. The number of aliphatic carboxylic acids is 1. The number of rotatable bonds is 3. The van der Waals surface area contributed by atoms with Gasteiger partial charge in [-0.3, -0.25) is 9.69 Å². The molecule has 1 heterocycles. The number of likely N-dealkylation sites (tertiary alicyclic amines) is 1. The predicted octanol–water partition coefficient (Wildman–Crippen LogP) is 0.812. The van der Waals surface area contributed by atoms with Gasteiger partial charge in [0.15, 0.2) is 0 Å². The van der Waals surface area contributed by atoms with E-state index >= 15 is 0 Å². The molecule has 0 radical (unpaired) electrons. The minimum atomic E-state index is -0.866. The molecule has 17 heavy (non-hydrogen) atoms. The van der Waals surface area contributed by atoms with Crippen LogP contribution in [0.4, 0.5) is 4.39 Å². The first kappa shape index (κ1) is 12.0. The Labute approximate surface area is 98.8 Å². The number of benzene rings is 1. The van der Waals surface area contributed by atoms with E-state index in [1.54, 1.807) is 17.0 Å². The van der Waals surface area contributed by atoms with Crippen molar-refractivity contribution in [3.8, 4) is 0 Å². The Morgan fingerprint density at radius 2 is 2.35 bits per heavy atom. The number of carboxylic acid groups (broad SMARTS) is 1. The molecule has 2 unspecified atom stereocenters. The highest BCUT2D eigenvalue weighted by atomic mass is 19.1. The number of hydrogen-bond acceptors (Lipinski definition) is 3. The van der Waals surface area contributed by atoms with E-state index in [1.165, 1.54) is 12.1 Å². The molecule has 0 amide bonds. The van der Waals surface area contributed by atoms with Crippen LogP contribution in [0.5, 0.6) is 0 Å². The van der Waals surface area contributed by atoms with Gasteiger partial charge < -0.3 is 10.8 Å². The summed E-state index contributed by atoms with van der Waals surface area (Å²) in [4.78, 5) is 12.8. The van der Waals surface area contributed by atoms with Crippen molar-refractivity contribution in [1.29, 1.82) is 0 Å². The topological polar surface area (TPSA) is 66.6 Å².